The van der Waals surface area contributed by atoms with E-state index >= 15 is 0 Å². The van der Waals surface area contributed by atoms with Gasteiger partial charge in [0, 0.05) is 43.9 Å². The number of hydrogen-bond acceptors (Lipinski definition) is 4. The summed E-state index contributed by atoms with van der Waals surface area (Å²) in [6, 6.07) is 11.0. The van der Waals surface area contributed by atoms with Gasteiger partial charge in [0.2, 0.25) is 0 Å². The second kappa shape index (κ2) is 7.91. The monoisotopic (exact) mass is 356 g/mol. The Balaban J connectivity index is 1.67. The molecule has 26 heavy (non-hydrogen) atoms. The van der Waals surface area contributed by atoms with Crippen LogP contribution in [0.25, 0.3) is 0 Å². The zero-order valence-electron chi connectivity index (χ0n) is 16.7. The molecule has 3 rings (SSSR count). The Hall–Kier alpha value is -1.69. The minimum Gasteiger partial charge on any atom is -0.374 e. The third-order valence-electron chi connectivity index (χ3n) is 5.02. The zero-order chi connectivity index (χ0) is 18.7. The molecule has 0 aliphatic carbocycles. The zero-order valence-corrected chi connectivity index (χ0v) is 16.7. The van der Waals surface area contributed by atoms with E-state index in [1.165, 1.54) is 11.1 Å². The lowest BCUT2D eigenvalue weighted by Crippen LogP contribution is -2.47. The summed E-state index contributed by atoms with van der Waals surface area (Å²) >= 11 is 0. The van der Waals surface area contributed by atoms with Crippen molar-refractivity contribution in [1.29, 1.82) is 0 Å². The molecule has 0 amide bonds. The van der Waals surface area contributed by atoms with Crippen molar-refractivity contribution < 1.29 is 4.74 Å². The highest BCUT2D eigenvalue weighted by Gasteiger charge is 2.31. The molecular formula is C21H32N4O. The molecule has 1 saturated heterocycles. The highest BCUT2D eigenvalue weighted by molar-refractivity contribution is 5.24. The van der Waals surface area contributed by atoms with Crippen LogP contribution in [-0.2, 0) is 23.7 Å². The Morgan fingerprint density at radius 3 is 2.62 bits per heavy atom. The van der Waals surface area contributed by atoms with Crippen molar-refractivity contribution >= 4 is 0 Å². The first kappa shape index (κ1) is 19.1. The lowest BCUT2D eigenvalue weighted by molar-refractivity contribution is -0.0615. The number of morpholine rings is 1. The Morgan fingerprint density at radius 1 is 1.19 bits per heavy atom. The van der Waals surface area contributed by atoms with E-state index in [1.807, 2.05) is 11.7 Å². The van der Waals surface area contributed by atoms with Crippen LogP contribution in [0.3, 0.4) is 0 Å². The molecule has 0 unspecified atom stereocenters. The summed E-state index contributed by atoms with van der Waals surface area (Å²) in [6.07, 6.45) is 2.27. The van der Waals surface area contributed by atoms with Crippen LogP contribution in [0.15, 0.2) is 36.5 Å². The van der Waals surface area contributed by atoms with Gasteiger partial charge in [-0.05, 0) is 12.6 Å². The van der Waals surface area contributed by atoms with Crippen molar-refractivity contribution in [3.63, 3.8) is 0 Å². The van der Waals surface area contributed by atoms with Gasteiger partial charge >= 0.3 is 0 Å². The maximum absolute atomic E-state index is 6.13. The van der Waals surface area contributed by atoms with Gasteiger partial charge in [-0.25, -0.2) is 0 Å². The molecule has 0 spiro atoms. The van der Waals surface area contributed by atoms with Crippen molar-refractivity contribution in [3.8, 4) is 0 Å². The van der Waals surface area contributed by atoms with Gasteiger partial charge in [0.25, 0.3) is 0 Å². The second-order valence-corrected chi connectivity index (χ2v) is 8.30. The van der Waals surface area contributed by atoms with Gasteiger partial charge in [-0.2, -0.15) is 5.10 Å². The summed E-state index contributed by atoms with van der Waals surface area (Å²) in [5.41, 5.74) is 3.79. The SMILES string of the molecule is CN1CCO[C@@H](CNCc2cn(C)nc2C(C)(C)C)[C@@H]1c1ccccc1. The lowest BCUT2D eigenvalue weighted by atomic mass is 9.89. The van der Waals surface area contributed by atoms with Gasteiger partial charge < -0.3 is 10.1 Å². The predicted molar refractivity (Wildman–Crippen MR) is 105 cm³/mol. The molecule has 142 valence electrons. The highest BCUT2D eigenvalue weighted by Crippen LogP contribution is 2.28. The molecule has 1 aliphatic heterocycles. The van der Waals surface area contributed by atoms with Gasteiger partial charge in [0.15, 0.2) is 0 Å². The number of rotatable bonds is 5. The fourth-order valence-electron chi connectivity index (χ4n) is 3.80. The highest BCUT2D eigenvalue weighted by atomic mass is 16.5. The maximum Gasteiger partial charge on any atom is 0.0896 e. The number of benzene rings is 1. The fraction of sp³-hybridized carbons (Fsp3) is 0.571. The number of aryl methyl sites for hydroxylation is 1. The van der Waals surface area contributed by atoms with E-state index < -0.39 is 0 Å². The largest absolute Gasteiger partial charge is 0.374 e. The molecule has 2 heterocycles. The van der Waals surface area contributed by atoms with E-state index in [2.05, 4.69) is 79.7 Å². The van der Waals surface area contributed by atoms with Crippen LogP contribution in [0.2, 0.25) is 0 Å². The van der Waals surface area contributed by atoms with E-state index in [4.69, 9.17) is 4.74 Å². The first-order valence-electron chi connectivity index (χ1n) is 9.47. The van der Waals surface area contributed by atoms with Crippen LogP contribution >= 0.6 is 0 Å². The van der Waals surface area contributed by atoms with E-state index in [0.717, 1.165) is 31.9 Å². The van der Waals surface area contributed by atoms with Crippen LogP contribution in [-0.4, -0.2) is 47.5 Å². The summed E-state index contributed by atoms with van der Waals surface area (Å²) in [6.45, 7) is 10.0. The van der Waals surface area contributed by atoms with Gasteiger partial charge in [0.1, 0.15) is 0 Å². The Kier molecular flexibility index (Phi) is 5.80. The predicted octanol–water partition coefficient (Wildman–Crippen LogP) is 2.88. The third-order valence-corrected chi connectivity index (χ3v) is 5.02. The maximum atomic E-state index is 6.13. The molecule has 0 bridgehead atoms. The second-order valence-electron chi connectivity index (χ2n) is 8.30. The summed E-state index contributed by atoms with van der Waals surface area (Å²) in [4.78, 5) is 2.40. The van der Waals surface area contributed by atoms with Crippen LogP contribution in [0, 0.1) is 0 Å². The number of ether oxygens (including phenoxy) is 1. The number of aromatic nitrogens is 2. The van der Waals surface area contributed by atoms with Gasteiger partial charge in [-0.3, -0.25) is 9.58 Å². The molecular weight excluding hydrogens is 324 g/mol. The number of nitrogens with zero attached hydrogens (tertiary/aromatic N) is 3. The minimum atomic E-state index is 0.0480. The third kappa shape index (κ3) is 4.34. The molecule has 1 aromatic carbocycles. The number of hydrogen-bond donors (Lipinski definition) is 1. The van der Waals surface area contributed by atoms with E-state index in [9.17, 15) is 0 Å². The smallest absolute Gasteiger partial charge is 0.0896 e. The Bertz CT molecular complexity index is 705. The first-order valence-corrected chi connectivity index (χ1v) is 9.47. The molecule has 5 nitrogen and oxygen atoms in total. The van der Waals surface area contributed by atoms with Gasteiger partial charge in [-0.1, -0.05) is 51.1 Å². The summed E-state index contributed by atoms with van der Waals surface area (Å²) in [5.74, 6) is 0. The summed E-state index contributed by atoms with van der Waals surface area (Å²) in [7, 11) is 4.18. The average Bonchev–Trinajstić information content (AvgIpc) is 2.97. The van der Waals surface area contributed by atoms with Crippen LogP contribution in [0.1, 0.15) is 43.6 Å². The Morgan fingerprint density at radius 2 is 1.92 bits per heavy atom. The average molecular weight is 357 g/mol. The molecule has 2 atom stereocenters. The molecule has 1 aromatic heterocycles. The van der Waals surface area contributed by atoms with Crippen molar-refractivity contribution in [2.45, 2.75) is 44.9 Å². The van der Waals surface area contributed by atoms with Crippen molar-refractivity contribution in [3.05, 3.63) is 53.3 Å². The molecule has 2 aromatic rings. The molecule has 1 aliphatic rings. The molecule has 5 heteroatoms. The van der Waals surface area contributed by atoms with Crippen molar-refractivity contribution in [2.24, 2.45) is 7.05 Å². The van der Waals surface area contributed by atoms with Gasteiger partial charge in [-0.15, -0.1) is 0 Å². The van der Waals surface area contributed by atoms with Crippen LogP contribution in [0.5, 0.6) is 0 Å². The molecule has 0 saturated carbocycles. The number of likely N-dealkylation sites (N-methyl/N-ethyl adjacent to an activating group) is 1. The van der Waals surface area contributed by atoms with Crippen molar-refractivity contribution in [2.75, 3.05) is 26.7 Å². The molecule has 1 N–H and O–H groups in total. The normalized spacial score (nSPS) is 21.9. The van der Waals surface area contributed by atoms with E-state index in [0.29, 0.717) is 0 Å². The summed E-state index contributed by atoms with van der Waals surface area (Å²) in [5, 5.41) is 8.27. The standard InChI is InChI=1S/C21H32N4O/c1-21(2,3)20-17(15-25(5)23-20)13-22-14-18-19(24(4)11-12-26-18)16-9-7-6-8-10-16/h6-10,15,18-19,22H,11-14H2,1-5H3/t18-,19-/m0/s1. The van der Waals surface area contributed by atoms with E-state index in [-0.39, 0.29) is 17.6 Å². The Labute approximate surface area is 157 Å². The minimum absolute atomic E-state index is 0.0480. The number of nitrogens with one attached hydrogen (secondary N) is 1. The lowest BCUT2D eigenvalue weighted by Gasteiger charge is -2.39. The fourth-order valence-corrected chi connectivity index (χ4v) is 3.80. The quantitative estimate of drug-likeness (QED) is 0.895. The first-order chi connectivity index (χ1) is 12.4. The van der Waals surface area contributed by atoms with Gasteiger partial charge in [0.05, 0.1) is 24.4 Å². The van der Waals surface area contributed by atoms with Crippen LogP contribution in [0.4, 0.5) is 0 Å². The van der Waals surface area contributed by atoms with Crippen molar-refractivity contribution in [1.82, 2.24) is 20.0 Å². The molecule has 0 radical (unpaired) electrons. The molecule has 1 fully saturated rings. The van der Waals surface area contributed by atoms with E-state index in [1.54, 1.807) is 0 Å². The topological polar surface area (TPSA) is 42.3 Å². The summed E-state index contributed by atoms with van der Waals surface area (Å²) < 4.78 is 8.04. The van der Waals surface area contributed by atoms with Crippen LogP contribution < -0.4 is 5.32 Å².